The molecule has 0 aromatic rings. The van der Waals surface area contributed by atoms with Crippen LogP contribution in [0.1, 0.15) is 53.9 Å². The van der Waals surface area contributed by atoms with Crippen molar-refractivity contribution in [3.05, 3.63) is 0 Å². The second-order valence-electron chi connectivity index (χ2n) is 8.24. The van der Waals surface area contributed by atoms with Gasteiger partial charge in [0.15, 0.2) is 5.96 Å². The van der Waals surface area contributed by atoms with Crippen LogP contribution in [0.15, 0.2) is 4.99 Å². The highest BCUT2D eigenvalue weighted by molar-refractivity contribution is 5.94. The Bertz CT molecular complexity index is 677. The molecule has 0 aliphatic heterocycles. The highest BCUT2D eigenvalue weighted by Crippen LogP contribution is 2.11. The number of rotatable bonds is 14. The van der Waals surface area contributed by atoms with Gasteiger partial charge in [-0.05, 0) is 31.6 Å². The molecule has 12 heteroatoms. The van der Waals surface area contributed by atoms with E-state index in [0.717, 1.165) is 0 Å². The van der Waals surface area contributed by atoms with Gasteiger partial charge >= 0.3 is 5.97 Å². The van der Waals surface area contributed by atoms with Crippen molar-refractivity contribution in [1.29, 1.82) is 0 Å². The van der Waals surface area contributed by atoms with Crippen LogP contribution in [0.3, 0.4) is 0 Å². The van der Waals surface area contributed by atoms with Gasteiger partial charge in [-0.25, -0.2) is 4.79 Å². The Hall–Kier alpha value is -2.89. The third kappa shape index (κ3) is 10.4. The maximum atomic E-state index is 12.9. The molecule has 0 saturated carbocycles. The maximum Gasteiger partial charge on any atom is 0.326 e. The van der Waals surface area contributed by atoms with Gasteiger partial charge in [-0.3, -0.25) is 19.4 Å². The number of nitrogens with zero attached hydrogens (tertiary/aromatic N) is 1. The summed E-state index contributed by atoms with van der Waals surface area (Å²) in [5.41, 5.74) is 16.2. The Balaban J connectivity index is 5.43. The van der Waals surface area contributed by atoms with Crippen LogP contribution in [0.25, 0.3) is 0 Å². The number of guanidine groups is 1. The molecule has 0 aromatic heterocycles. The Morgan fingerprint density at radius 2 is 1.47 bits per heavy atom. The molecule has 0 saturated heterocycles. The highest BCUT2D eigenvalue weighted by Gasteiger charge is 2.32. The molecule has 0 spiro atoms. The van der Waals surface area contributed by atoms with Gasteiger partial charge in [0.25, 0.3) is 0 Å². The largest absolute Gasteiger partial charge is 0.480 e. The van der Waals surface area contributed by atoms with E-state index >= 15 is 0 Å². The average molecular weight is 458 g/mol. The Morgan fingerprint density at radius 3 is 1.91 bits per heavy atom. The number of hydrogen-bond donors (Lipinski definition) is 7. The molecule has 0 bridgehead atoms. The van der Waals surface area contributed by atoms with E-state index in [1.165, 1.54) is 6.92 Å². The lowest BCUT2D eigenvalue weighted by molar-refractivity contribution is -0.144. The molecular weight excluding hydrogens is 418 g/mol. The summed E-state index contributed by atoms with van der Waals surface area (Å²) in [5, 5.41) is 17.1. The highest BCUT2D eigenvalue weighted by atomic mass is 16.4. The van der Waals surface area contributed by atoms with Gasteiger partial charge in [0.2, 0.25) is 17.7 Å². The first kappa shape index (κ1) is 29.1. The van der Waals surface area contributed by atoms with Crippen molar-refractivity contribution in [2.24, 2.45) is 34.0 Å². The monoisotopic (exact) mass is 457 g/mol. The van der Waals surface area contributed by atoms with Gasteiger partial charge in [-0.2, -0.15) is 0 Å². The second kappa shape index (κ2) is 14.2. The number of nitrogens with two attached hydrogens (primary N) is 3. The van der Waals surface area contributed by atoms with Crippen LogP contribution in [0.5, 0.6) is 0 Å². The minimum atomic E-state index is -1.15. The molecular formula is C20H39N7O5. The number of aliphatic carboxylic acids is 1. The number of carboxylic acids is 1. The van der Waals surface area contributed by atoms with Gasteiger partial charge < -0.3 is 38.3 Å². The first-order chi connectivity index (χ1) is 14.8. The maximum absolute atomic E-state index is 12.9. The zero-order chi connectivity index (χ0) is 25.0. The summed E-state index contributed by atoms with van der Waals surface area (Å²) in [4.78, 5) is 53.2. The van der Waals surface area contributed by atoms with Gasteiger partial charge in [0, 0.05) is 6.54 Å². The topological polar surface area (TPSA) is 215 Å². The molecule has 0 aromatic carbocycles. The fraction of sp³-hybridized carbons (Fsp3) is 0.750. The van der Waals surface area contributed by atoms with Crippen molar-refractivity contribution in [1.82, 2.24) is 16.0 Å². The number of nitrogens with one attached hydrogen (secondary N) is 3. The molecule has 0 heterocycles. The molecule has 184 valence electrons. The van der Waals surface area contributed by atoms with Gasteiger partial charge in [-0.1, -0.05) is 34.1 Å². The molecule has 0 rings (SSSR count). The normalized spacial score (nSPS) is 15.6. The molecule has 5 unspecified atom stereocenters. The van der Waals surface area contributed by atoms with E-state index in [4.69, 9.17) is 17.2 Å². The number of carbonyl (C=O) groups excluding carboxylic acids is 3. The number of amides is 3. The molecule has 3 amide bonds. The quantitative estimate of drug-likeness (QED) is 0.0935. The summed E-state index contributed by atoms with van der Waals surface area (Å²) < 4.78 is 0. The minimum Gasteiger partial charge on any atom is -0.480 e. The van der Waals surface area contributed by atoms with Crippen LogP contribution in [0, 0.1) is 11.8 Å². The molecule has 32 heavy (non-hydrogen) atoms. The summed E-state index contributed by atoms with van der Waals surface area (Å²) in [6.45, 7) is 8.72. The van der Waals surface area contributed by atoms with Crippen LogP contribution in [0.4, 0.5) is 0 Å². The van der Waals surface area contributed by atoms with Crippen molar-refractivity contribution in [3.63, 3.8) is 0 Å². The van der Waals surface area contributed by atoms with Crippen molar-refractivity contribution >= 4 is 29.7 Å². The van der Waals surface area contributed by atoms with Crippen LogP contribution in [0.2, 0.25) is 0 Å². The van der Waals surface area contributed by atoms with E-state index in [1.807, 2.05) is 6.92 Å². The van der Waals surface area contributed by atoms with Crippen molar-refractivity contribution in [2.75, 3.05) is 6.54 Å². The first-order valence-electron chi connectivity index (χ1n) is 10.8. The van der Waals surface area contributed by atoms with Gasteiger partial charge in [-0.15, -0.1) is 0 Å². The van der Waals surface area contributed by atoms with E-state index in [2.05, 4.69) is 20.9 Å². The summed E-state index contributed by atoms with van der Waals surface area (Å²) in [5.74, 6) is -3.60. The zero-order valence-corrected chi connectivity index (χ0v) is 19.6. The number of aliphatic imine (C=N–C) groups is 1. The lowest BCUT2D eigenvalue weighted by Crippen LogP contribution is -2.58. The smallest absolute Gasteiger partial charge is 0.326 e. The minimum absolute atomic E-state index is 0.0866. The molecule has 0 radical (unpaired) electrons. The Morgan fingerprint density at radius 1 is 0.906 bits per heavy atom. The lowest BCUT2D eigenvalue weighted by atomic mass is 9.97. The van der Waals surface area contributed by atoms with E-state index in [0.29, 0.717) is 12.8 Å². The van der Waals surface area contributed by atoms with E-state index in [9.17, 15) is 24.3 Å². The lowest BCUT2D eigenvalue weighted by Gasteiger charge is -2.28. The van der Waals surface area contributed by atoms with E-state index < -0.39 is 47.9 Å². The van der Waals surface area contributed by atoms with Gasteiger partial charge in [0.1, 0.15) is 18.1 Å². The predicted octanol–water partition coefficient (Wildman–Crippen LogP) is -1.37. The molecule has 10 N–H and O–H groups in total. The third-order valence-corrected chi connectivity index (χ3v) is 5.02. The van der Waals surface area contributed by atoms with Crippen LogP contribution in [-0.2, 0) is 19.2 Å². The van der Waals surface area contributed by atoms with Crippen LogP contribution >= 0.6 is 0 Å². The summed E-state index contributed by atoms with van der Waals surface area (Å²) in [7, 11) is 0. The summed E-state index contributed by atoms with van der Waals surface area (Å²) in [6.07, 6.45) is 1.15. The molecule has 0 fully saturated rings. The fourth-order valence-electron chi connectivity index (χ4n) is 2.79. The van der Waals surface area contributed by atoms with Crippen LogP contribution < -0.4 is 33.2 Å². The Kier molecular flexibility index (Phi) is 12.9. The molecule has 12 nitrogen and oxygen atoms in total. The first-order valence-corrected chi connectivity index (χ1v) is 10.8. The summed E-state index contributed by atoms with van der Waals surface area (Å²) in [6, 6.07) is -3.89. The summed E-state index contributed by atoms with van der Waals surface area (Å²) >= 11 is 0. The average Bonchev–Trinajstić information content (AvgIpc) is 2.70. The second-order valence-corrected chi connectivity index (χ2v) is 8.24. The van der Waals surface area contributed by atoms with Crippen molar-refractivity contribution in [3.8, 4) is 0 Å². The number of carbonyl (C=O) groups is 4. The zero-order valence-electron chi connectivity index (χ0n) is 19.6. The Labute approximate surface area is 189 Å². The standard InChI is InChI=1S/C20H39N7O5/c1-6-11(4)15(19(31)32)27-18(30)14(10(2)3)26-17(29)13(25-16(28)12(5)21)8-7-9-24-20(22)23/h10-15H,6-9,21H2,1-5H3,(H,25,28)(H,26,29)(H,27,30)(H,31,32)(H4,22,23,24). The predicted molar refractivity (Wildman–Crippen MR) is 121 cm³/mol. The van der Waals surface area contributed by atoms with E-state index in [-0.39, 0.29) is 30.8 Å². The number of hydrogen-bond acceptors (Lipinski definition) is 6. The van der Waals surface area contributed by atoms with Crippen molar-refractivity contribution in [2.45, 2.75) is 78.0 Å². The molecule has 5 atom stereocenters. The SMILES string of the molecule is CCC(C)C(NC(=O)C(NC(=O)C(CCCN=C(N)N)NC(=O)C(C)N)C(C)C)C(=O)O. The number of carboxylic acid groups (broad SMARTS) is 1. The molecule has 0 aliphatic rings. The van der Waals surface area contributed by atoms with Crippen LogP contribution in [-0.4, -0.2) is 65.5 Å². The van der Waals surface area contributed by atoms with E-state index in [1.54, 1.807) is 20.8 Å². The fourth-order valence-corrected chi connectivity index (χ4v) is 2.79. The molecule has 0 aliphatic carbocycles. The van der Waals surface area contributed by atoms with Crippen molar-refractivity contribution < 1.29 is 24.3 Å². The van der Waals surface area contributed by atoms with Gasteiger partial charge in [0.05, 0.1) is 6.04 Å². The third-order valence-electron chi connectivity index (χ3n) is 5.02.